The molecule has 0 amide bonds. The Bertz CT molecular complexity index is 850. The highest BCUT2D eigenvalue weighted by Gasteiger charge is 2.43. The number of aromatic nitrogens is 2. The summed E-state index contributed by atoms with van der Waals surface area (Å²) < 4.78 is 14.7. The maximum Gasteiger partial charge on any atom is 0.151 e. The number of hydrogen-bond donors (Lipinski definition) is 2. The molecular formula is C19H20FN5O. The first kappa shape index (κ1) is 16.7. The lowest BCUT2D eigenvalue weighted by Crippen LogP contribution is -2.55. The predicted molar refractivity (Wildman–Crippen MR) is 95.5 cm³/mol. The number of rotatable bonds is 3. The van der Waals surface area contributed by atoms with Gasteiger partial charge in [0.15, 0.2) is 5.82 Å². The standard InChI is InChI=1S/C19H20FN5O/c1-25(16-9-12-3-4-15(22-12)19(16)20)18-7-5-14(23-24-18)13-8-11(10-21)2-6-17(13)26/h2,5-8,12,15-16,19,22,26H,3-4,9H2,1H3/t12?,15?,16-,19+/m1/s1. The number of hydrogen-bond acceptors (Lipinski definition) is 6. The Morgan fingerprint density at radius 3 is 2.85 bits per heavy atom. The van der Waals surface area contributed by atoms with Crippen LogP contribution in [0.15, 0.2) is 30.3 Å². The molecule has 0 spiro atoms. The Labute approximate surface area is 151 Å². The van der Waals surface area contributed by atoms with Gasteiger partial charge in [-0.1, -0.05) is 0 Å². The van der Waals surface area contributed by atoms with E-state index in [1.165, 1.54) is 6.07 Å². The number of halogens is 1. The van der Waals surface area contributed by atoms with E-state index in [0.29, 0.717) is 28.7 Å². The molecule has 2 unspecified atom stereocenters. The zero-order valence-corrected chi connectivity index (χ0v) is 14.4. The number of fused-ring (bicyclic) bond motifs is 2. The van der Waals surface area contributed by atoms with Gasteiger partial charge in [-0.05, 0) is 49.6 Å². The molecule has 6 nitrogen and oxygen atoms in total. The lowest BCUT2D eigenvalue weighted by Gasteiger charge is -2.38. The summed E-state index contributed by atoms with van der Waals surface area (Å²) in [7, 11) is 1.85. The minimum absolute atomic E-state index is 0.0400. The highest BCUT2D eigenvalue weighted by Crippen LogP contribution is 2.34. The molecule has 2 fully saturated rings. The summed E-state index contributed by atoms with van der Waals surface area (Å²) in [4.78, 5) is 1.86. The maximum atomic E-state index is 14.7. The molecule has 4 rings (SSSR count). The van der Waals surface area contributed by atoms with Crippen molar-refractivity contribution in [2.75, 3.05) is 11.9 Å². The van der Waals surface area contributed by atoms with Crippen LogP contribution in [0, 0.1) is 11.3 Å². The van der Waals surface area contributed by atoms with Crippen LogP contribution >= 0.6 is 0 Å². The second kappa shape index (κ2) is 6.54. The first-order valence-electron chi connectivity index (χ1n) is 8.77. The van der Waals surface area contributed by atoms with Gasteiger partial charge in [0.05, 0.1) is 23.4 Å². The van der Waals surface area contributed by atoms with E-state index in [1.54, 1.807) is 24.3 Å². The third kappa shape index (κ3) is 2.86. The summed E-state index contributed by atoms with van der Waals surface area (Å²) in [6.45, 7) is 0. The van der Waals surface area contributed by atoms with Crippen LogP contribution in [0.3, 0.4) is 0 Å². The summed E-state index contributed by atoms with van der Waals surface area (Å²) in [5, 5.41) is 30.8. The zero-order chi connectivity index (χ0) is 18.3. The highest BCUT2D eigenvalue weighted by atomic mass is 19.1. The second-order valence-corrected chi connectivity index (χ2v) is 7.03. The van der Waals surface area contributed by atoms with Gasteiger partial charge in [-0.15, -0.1) is 10.2 Å². The predicted octanol–water partition coefficient (Wildman–Crippen LogP) is 2.39. The number of phenolic OH excluding ortho intramolecular Hbond substituents is 1. The number of nitrogens with zero attached hydrogens (tertiary/aromatic N) is 4. The number of piperidine rings is 1. The van der Waals surface area contributed by atoms with E-state index in [9.17, 15) is 9.50 Å². The molecule has 134 valence electrons. The summed E-state index contributed by atoms with van der Waals surface area (Å²) in [5.74, 6) is 0.636. The van der Waals surface area contributed by atoms with E-state index < -0.39 is 6.17 Å². The number of aromatic hydroxyl groups is 1. The van der Waals surface area contributed by atoms with Gasteiger partial charge >= 0.3 is 0 Å². The van der Waals surface area contributed by atoms with Gasteiger partial charge in [0.2, 0.25) is 0 Å². The SMILES string of the molecule is CN(c1ccc(-c2cc(C#N)ccc2O)nn1)[C@@H]1CC2CCC(N2)[C@@H]1F. The quantitative estimate of drug-likeness (QED) is 0.881. The van der Waals surface area contributed by atoms with Crippen LogP contribution in [0.25, 0.3) is 11.3 Å². The molecule has 2 aliphatic rings. The fraction of sp³-hybridized carbons (Fsp3) is 0.421. The van der Waals surface area contributed by atoms with Crippen LogP contribution in [-0.2, 0) is 0 Å². The molecule has 2 bridgehead atoms. The van der Waals surface area contributed by atoms with Gasteiger partial charge in [0, 0.05) is 24.7 Å². The Morgan fingerprint density at radius 1 is 1.27 bits per heavy atom. The van der Waals surface area contributed by atoms with Crippen molar-refractivity contribution in [3.05, 3.63) is 35.9 Å². The molecule has 7 heteroatoms. The number of phenols is 1. The number of benzene rings is 1. The van der Waals surface area contributed by atoms with Gasteiger partial charge in [0.1, 0.15) is 11.9 Å². The van der Waals surface area contributed by atoms with Crippen LogP contribution < -0.4 is 10.2 Å². The van der Waals surface area contributed by atoms with Gasteiger partial charge < -0.3 is 15.3 Å². The Hall–Kier alpha value is -2.72. The number of nitriles is 1. The van der Waals surface area contributed by atoms with Crippen molar-refractivity contribution >= 4 is 5.82 Å². The van der Waals surface area contributed by atoms with E-state index >= 15 is 0 Å². The first-order valence-corrected chi connectivity index (χ1v) is 8.77. The van der Waals surface area contributed by atoms with Crippen LogP contribution in [0.2, 0.25) is 0 Å². The zero-order valence-electron chi connectivity index (χ0n) is 14.4. The van der Waals surface area contributed by atoms with Crippen LogP contribution in [-0.4, -0.2) is 46.6 Å². The molecule has 0 saturated carbocycles. The Kier molecular flexibility index (Phi) is 4.21. The minimum Gasteiger partial charge on any atom is -0.507 e. The largest absolute Gasteiger partial charge is 0.507 e. The Balaban J connectivity index is 1.57. The molecular weight excluding hydrogens is 333 g/mol. The monoisotopic (exact) mass is 353 g/mol. The number of anilines is 1. The van der Waals surface area contributed by atoms with Crippen molar-refractivity contribution in [1.29, 1.82) is 5.26 Å². The van der Waals surface area contributed by atoms with Crippen molar-refractivity contribution in [3.63, 3.8) is 0 Å². The minimum atomic E-state index is -0.934. The molecule has 3 heterocycles. The maximum absolute atomic E-state index is 14.7. The van der Waals surface area contributed by atoms with Gasteiger partial charge in [-0.2, -0.15) is 5.26 Å². The van der Waals surface area contributed by atoms with Crippen molar-refractivity contribution in [2.45, 2.75) is 43.6 Å². The van der Waals surface area contributed by atoms with Crippen LogP contribution in [0.5, 0.6) is 5.75 Å². The second-order valence-electron chi connectivity index (χ2n) is 7.03. The lowest BCUT2D eigenvalue weighted by atomic mass is 9.96. The fourth-order valence-corrected chi connectivity index (χ4v) is 3.99. The summed E-state index contributed by atoms with van der Waals surface area (Å²) >= 11 is 0. The summed E-state index contributed by atoms with van der Waals surface area (Å²) in [5.41, 5.74) is 1.36. The van der Waals surface area contributed by atoms with E-state index in [4.69, 9.17) is 5.26 Å². The van der Waals surface area contributed by atoms with E-state index in [0.717, 1.165) is 19.3 Å². The molecule has 0 radical (unpaired) electrons. The van der Waals surface area contributed by atoms with Crippen molar-refractivity contribution in [3.8, 4) is 23.1 Å². The van der Waals surface area contributed by atoms with E-state index in [1.807, 2.05) is 18.0 Å². The number of nitrogens with one attached hydrogen (secondary N) is 1. The summed E-state index contributed by atoms with van der Waals surface area (Å²) in [6.07, 6.45) is 1.73. The lowest BCUT2D eigenvalue weighted by molar-refractivity contribution is 0.176. The van der Waals surface area contributed by atoms with Crippen molar-refractivity contribution in [1.82, 2.24) is 15.5 Å². The van der Waals surface area contributed by atoms with E-state index in [-0.39, 0.29) is 17.8 Å². The molecule has 0 aliphatic carbocycles. The normalized spacial score (nSPS) is 27.1. The van der Waals surface area contributed by atoms with Gasteiger partial charge in [0.25, 0.3) is 0 Å². The molecule has 2 saturated heterocycles. The highest BCUT2D eigenvalue weighted by molar-refractivity contribution is 5.68. The molecule has 2 aliphatic heterocycles. The molecule has 1 aromatic heterocycles. The van der Waals surface area contributed by atoms with Crippen LogP contribution in [0.1, 0.15) is 24.8 Å². The van der Waals surface area contributed by atoms with Gasteiger partial charge in [-0.25, -0.2) is 4.39 Å². The fourth-order valence-electron chi connectivity index (χ4n) is 3.99. The summed E-state index contributed by atoms with van der Waals surface area (Å²) in [6, 6.07) is 10.2. The average molecular weight is 353 g/mol. The van der Waals surface area contributed by atoms with E-state index in [2.05, 4.69) is 15.5 Å². The molecule has 1 aromatic carbocycles. The molecule has 4 atom stereocenters. The van der Waals surface area contributed by atoms with Crippen LogP contribution in [0.4, 0.5) is 10.2 Å². The van der Waals surface area contributed by atoms with Gasteiger partial charge in [-0.3, -0.25) is 0 Å². The Morgan fingerprint density at radius 2 is 2.12 bits per heavy atom. The molecule has 2 N–H and O–H groups in total. The topological polar surface area (TPSA) is 85.1 Å². The molecule has 26 heavy (non-hydrogen) atoms. The first-order chi connectivity index (χ1) is 12.6. The molecule has 2 aromatic rings. The number of alkyl halides is 1. The smallest absolute Gasteiger partial charge is 0.151 e. The van der Waals surface area contributed by atoms with Crippen molar-refractivity contribution < 1.29 is 9.50 Å². The van der Waals surface area contributed by atoms with Crippen molar-refractivity contribution in [2.24, 2.45) is 0 Å². The third-order valence-electron chi connectivity index (χ3n) is 5.46. The average Bonchev–Trinajstić information content (AvgIpc) is 3.08. The third-order valence-corrected chi connectivity index (χ3v) is 5.46.